The van der Waals surface area contributed by atoms with Gasteiger partial charge in [0, 0.05) is 0 Å². The van der Waals surface area contributed by atoms with E-state index in [0.717, 1.165) is 27.6 Å². The molecule has 0 spiro atoms. The third-order valence-corrected chi connectivity index (χ3v) is 10.8. The molecule has 0 heterocycles. The average Bonchev–Trinajstić information content (AvgIpc) is 3.65. The van der Waals surface area contributed by atoms with E-state index >= 15 is 0 Å². The quantitative estimate of drug-likeness (QED) is 0.162. The van der Waals surface area contributed by atoms with Crippen molar-refractivity contribution in [2.75, 3.05) is 0 Å². The summed E-state index contributed by atoms with van der Waals surface area (Å²) in [4.78, 5) is 0. The van der Waals surface area contributed by atoms with E-state index in [-0.39, 0.29) is 35.6 Å². The summed E-state index contributed by atoms with van der Waals surface area (Å²) < 4.78 is 1.26. The molecule has 0 N–H and O–H groups in total. The van der Waals surface area contributed by atoms with Crippen LogP contribution in [-0.2, 0) is 53.3 Å². The normalized spacial score (nSPS) is 11.8. The third-order valence-electron chi connectivity index (χ3n) is 8.91. The van der Waals surface area contributed by atoms with Gasteiger partial charge >= 0.3 is 120 Å². The van der Waals surface area contributed by atoms with Crippen LogP contribution in [0, 0.1) is 6.07 Å². The predicted octanol–water partition coefficient (Wildman–Crippen LogP) is 7.43. The van der Waals surface area contributed by atoms with Crippen LogP contribution in [-0.4, -0.2) is 3.21 Å². The minimum atomic E-state index is 0. The second-order valence-corrected chi connectivity index (χ2v) is 18.3. The van der Waals surface area contributed by atoms with Gasteiger partial charge in [0.2, 0.25) is 0 Å². The molecule has 0 aliphatic heterocycles. The van der Waals surface area contributed by atoms with Gasteiger partial charge in [-0.3, -0.25) is 0 Å². The first-order chi connectivity index (χ1) is 22.9. The van der Waals surface area contributed by atoms with Crippen molar-refractivity contribution in [2.45, 2.75) is 105 Å². The second kappa shape index (κ2) is 18.9. The van der Waals surface area contributed by atoms with E-state index in [1.54, 1.807) is 0 Å². The van der Waals surface area contributed by atoms with Gasteiger partial charge in [-0.1, -0.05) is 111 Å². The molecule has 0 saturated heterocycles. The van der Waals surface area contributed by atoms with Crippen molar-refractivity contribution in [3.8, 4) is 11.1 Å². The van der Waals surface area contributed by atoms with Gasteiger partial charge in [0.05, 0.1) is 0 Å². The summed E-state index contributed by atoms with van der Waals surface area (Å²) in [5.41, 5.74) is 14.3. The van der Waals surface area contributed by atoms with E-state index in [0.29, 0.717) is 5.41 Å². The third kappa shape index (κ3) is 12.6. The first kappa shape index (κ1) is 45.3. The van der Waals surface area contributed by atoms with E-state index < -0.39 is 0 Å². The van der Waals surface area contributed by atoms with Gasteiger partial charge in [-0.15, -0.1) is 11.1 Å². The Kier molecular flexibility index (Phi) is 16.8. The summed E-state index contributed by atoms with van der Waals surface area (Å²) >= 11 is 13.3. The van der Waals surface area contributed by atoms with Crippen LogP contribution < -0.4 is 24.8 Å². The Hall–Kier alpha value is -1.86. The topological polar surface area (TPSA) is 0 Å². The fraction of sp³-hybridized carbons (Fsp3) is 0.348. The van der Waals surface area contributed by atoms with Crippen molar-refractivity contribution in [3.05, 3.63) is 158 Å². The largest absolute Gasteiger partial charge is 1.00 e. The molecule has 0 saturated carbocycles. The van der Waals surface area contributed by atoms with Crippen molar-refractivity contribution in [1.29, 1.82) is 0 Å². The average molecular weight is 838 g/mol. The molecule has 0 bridgehead atoms. The van der Waals surface area contributed by atoms with E-state index in [1.165, 1.54) is 84.8 Å². The molecular formula is C46H52Cl4Zr-2. The number of hydrogen-bond donors (Lipinski definition) is 0. The maximum Gasteiger partial charge on any atom is -1.00 e. The van der Waals surface area contributed by atoms with Gasteiger partial charge in [0.15, 0.2) is 0 Å². The predicted molar refractivity (Wildman–Crippen MR) is 212 cm³/mol. The Balaban J connectivity index is 0.000000270. The van der Waals surface area contributed by atoms with Crippen molar-refractivity contribution in [3.63, 3.8) is 0 Å². The Morgan fingerprint density at radius 2 is 1.24 bits per heavy atom. The monoisotopic (exact) mass is 834 g/mol. The molecule has 5 aromatic rings. The maximum absolute atomic E-state index is 5.98. The van der Waals surface area contributed by atoms with Gasteiger partial charge in [0.25, 0.3) is 0 Å². The van der Waals surface area contributed by atoms with E-state index in [2.05, 4.69) is 136 Å². The summed E-state index contributed by atoms with van der Waals surface area (Å²) in [6.45, 7) is 22.6. The standard InChI is InChI=1S/C21H25.C13H8Cl2.C12H19.2ClH.Zr/c1-20(2,3)16-7-9-18-14(12-16)11-15-13-17(21(4,5)6)8-10-19(15)18;14-12-5-1-3-10(8-12)7-11-4-2-6-13(15)9-11;1-5-6-10-7-8-11(9-10)12(2,3)4;;;/h7-10,12H,11H2,1-6H3;1-6,8-9H;7-9H,5-6H2,1-4H3;2*1H;/q-1;;-1;;;+2/p-2. The Morgan fingerprint density at radius 1 is 0.686 bits per heavy atom. The summed E-state index contributed by atoms with van der Waals surface area (Å²) in [6.07, 6.45) is 3.49. The molecule has 0 unspecified atom stereocenters. The zero-order chi connectivity index (χ0) is 36.1. The van der Waals surface area contributed by atoms with Crippen LogP contribution in [0.2, 0.25) is 10.0 Å². The molecule has 5 heteroatoms. The summed E-state index contributed by atoms with van der Waals surface area (Å²) in [6, 6.07) is 37.8. The maximum atomic E-state index is 5.98. The number of aryl methyl sites for hydroxylation is 1. The molecule has 0 aromatic heterocycles. The van der Waals surface area contributed by atoms with Crippen LogP contribution >= 0.6 is 23.2 Å². The van der Waals surface area contributed by atoms with Crippen molar-refractivity contribution in [2.24, 2.45) is 0 Å². The van der Waals surface area contributed by atoms with Crippen LogP contribution in [0.4, 0.5) is 0 Å². The van der Waals surface area contributed by atoms with Gasteiger partial charge in [-0.25, -0.2) is 6.07 Å². The molecule has 51 heavy (non-hydrogen) atoms. The van der Waals surface area contributed by atoms with Crippen LogP contribution in [0.5, 0.6) is 0 Å². The van der Waals surface area contributed by atoms with Gasteiger partial charge in [-0.05, 0) is 28.4 Å². The Labute approximate surface area is 346 Å². The van der Waals surface area contributed by atoms with Crippen LogP contribution in [0.15, 0.2) is 97.1 Å². The second-order valence-electron chi connectivity index (χ2n) is 16.2. The van der Waals surface area contributed by atoms with Gasteiger partial charge in [0.1, 0.15) is 0 Å². The molecule has 0 fully saturated rings. The Bertz CT molecular complexity index is 1780. The van der Waals surface area contributed by atoms with Crippen LogP contribution in [0.1, 0.15) is 120 Å². The molecular weight excluding hydrogens is 786 g/mol. The smallest absolute Gasteiger partial charge is 1.00 e. The first-order valence-electron chi connectivity index (χ1n) is 17.4. The minimum absolute atomic E-state index is 0. The molecule has 270 valence electrons. The first-order valence-corrected chi connectivity index (χ1v) is 19.4. The SMILES string of the molecule is CC(C)(C)c1[c-]c2c(cc1)-c1ccc(C(C)(C)C)cc1C2.CCCc1cc(C(C)(C)C)c[cH-]1.Clc1cccc([C](=[Zr+2])c2cccc(Cl)c2)c1.[Cl-].[Cl-]. The zero-order valence-electron chi connectivity index (χ0n) is 31.9. The van der Waals surface area contributed by atoms with Gasteiger partial charge < -0.3 is 24.8 Å². The summed E-state index contributed by atoms with van der Waals surface area (Å²) in [7, 11) is 0. The molecule has 0 atom stereocenters. The van der Waals surface area contributed by atoms with E-state index in [9.17, 15) is 0 Å². The molecule has 0 nitrogen and oxygen atoms in total. The molecule has 1 aliphatic rings. The summed E-state index contributed by atoms with van der Waals surface area (Å²) in [5, 5.41) is 1.53. The van der Waals surface area contributed by atoms with Crippen LogP contribution in [0.25, 0.3) is 11.1 Å². The molecule has 5 aromatic carbocycles. The number of rotatable bonds is 4. The number of fused-ring (bicyclic) bond motifs is 3. The number of hydrogen-bond acceptors (Lipinski definition) is 0. The fourth-order valence-electron chi connectivity index (χ4n) is 5.89. The fourth-order valence-corrected chi connectivity index (χ4v) is 7.03. The van der Waals surface area contributed by atoms with Crippen molar-refractivity contribution >= 4 is 26.4 Å². The minimum Gasteiger partial charge on any atom is -1.00 e. The number of halogens is 4. The van der Waals surface area contributed by atoms with Gasteiger partial charge in [-0.2, -0.15) is 47.0 Å². The molecule has 0 amide bonds. The zero-order valence-corrected chi connectivity index (χ0v) is 37.4. The van der Waals surface area contributed by atoms with E-state index in [1.807, 2.05) is 36.4 Å². The molecule has 6 rings (SSSR count). The molecule has 1 aliphatic carbocycles. The molecule has 0 radical (unpaired) electrons. The summed E-state index contributed by atoms with van der Waals surface area (Å²) in [5.74, 6) is 0. The van der Waals surface area contributed by atoms with Crippen LogP contribution in [0.3, 0.4) is 0 Å². The van der Waals surface area contributed by atoms with Crippen molar-refractivity contribution < 1.29 is 49.0 Å². The van der Waals surface area contributed by atoms with E-state index in [4.69, 9.17) is 23.2 Å². The van der Waals surface area contributed by atoms with Crippen molar-refractivity contribution in [1.82, 2.24) is 0 Å². The number of benzene rings is 4. The Morgan fingerprint density at radius 3 is 1.71 bits per heavy atom.